The van der Waals surface area contributed by atoms with E-state index in [9.17, 15) is 4.79 Å². The Labute approximate surface area is 113 Å². The van der Waals surface area contributed by atoms with E-state index in [0.717, 1.165) is 19.5 Å². The van der Waals surface area contributed by atoms with Gasteiger partial charge in [0.1, 0.15) is 0 Å². The summed E-state index contributed by atoms with van der Waals surface area (Å²) in [6.07, 6.45) is 7.07. The van der Waals surface area contributed by atoms with Gasteiger partial charge in [0.15, 0.2) is 0 Å². The first-order chi connectivity index (χ1) is 8.56. The van der Waals surface area contributed by atoms with E-state index in [1.807, 2.05) is 0 Å². The van der Waals surface area contributed by atoms with Crippen molar-refractivity contribution >= 4 is 5.91 Å². The molecule has 1 aliphatic heterocycles. The number of unbranched alkanes of at least 4 members (excludes halogenated alkanes) is 2. The maximum atomic E-state index is 12.4. The summed E-state index contributed by atoms with van der Waals surface area (Å²) in [6, 6.07) is 0.445. The Morgan fingerprint density at radius 2 is 2.11 bits per heavy atom. The van der Waals surface area contributed by atoms with E-state index in [2.05, 4.69) is 37.7 Å². The van der Waals surface area contributed by atoms with Crippen LogP contribution in [0.25, 0.3) is 0 Å². The van der Waals surface area contributed by atoms with Crippen LogP contribution < -0.4 is 0 Å². The predicted octanol–water partition coefficient (Wildman–Crippen LogP) is 2.76. The minimum Gasteiger partial charge on any atom is -0.338 e. The largest absolute Gasteiger partial charge is 0.338 e. The van der Waals surface area contributed by atoms with Gasteiger partial charge in [0, 0.05) is 25.0 Å². The molecular formula is C15H30N2O. The van der Waals surface area contributed by atoms with Crippen LogP contribution in [0, 0.1) is 5.92 Å². The minimum atomic E-state index is 0.208. The lowest BCUT2D eigenvalue weighted by Crippen LogP contribution is -2.43. The highest BCUT2D eigenvalue weighted by molar-refractivity contribution is 5.79. The van der Waals surface area contributed by atoms with Crippen molar-refractivity contribution < 1.29 is 4.79 Å². The Hall–Kier alpha value is -0.570. The summed E-state index contributed by atoms with van der Waals surface area (Å²) >= 11 is 0. The second-order valence-electron chi connectivity index (χ2n) is 5.99. The highest BCUT2D eigenvalue weighted by Crippen LogP contribution is 2.22. The number of likely N-dealkylation sites (N-methyl/N-ethyl adjacent to an activating group) is 1. The van der Waals surface area contributed by atoms with Crippen molar-refractivity contribution in [3.8, 4) is 0 Å². The molecule has 1 fully saturated rings. The van der Waals surface area contributed by atoms with E-state index in [4.69, 9.17) is 0 Å². The quantitative estimate of drug-likeness (QED) is 0.652. The Morgan fingerprint density at radius 1 is 1.39 bits per heavy atom. The summed E-state index contributed by atoms with van der Waals surface area (Å²) in [4.78, 5) is 16.8. The molecule has 3 heteroatoms. The molecular weight excluding hydrogens is 224 g/mol. The Bertz CT molecular complexity index is 253. The molecule has 1 amide bonds. The van der Waals surface area contributed by atoms with Gasteiger partial charge in [0.2, 0.25) is 5.91 Å². The number of hydrogen-bond donors (Lipinski definition) is 0. The van der Waals surface area contributed by atoms with Crippen LogP contribution >= 0.6 is 0 Å². The molecule has 18 heavy (non-hydrogen) atoms. The molecule has 106 valence electrons. The van der Waals surface area contributed by atoms with E-state index >= 15 is 0 Å². The lowest BCUT2D eigenvalue weighted by molar-refractivity contribution is -0.136. The first-order valence-electron chi connectivity index (χ1n) is 7.51. The number of rotatable bonds is 7. The summed E-state index contributed by atoms with van der Waals surface area (Å²) in [6.45, 7) is 6.28. The van der Waals surface area contributed by atoms with Crippen molar-refractivity contribution in [1.82, 2.24) is 9.80 Å². The van der Waals surface area contributed by atoms with Crippen molar-refractivity contribution in [2.45, 2.75) is 58.4 Å². The number of nitrogens with zero attached hydrogens (tertiary/aromatic N) is 2. The van der Waals surface area contributed by atoms with E-state index in [-0.39, 0.29) is 5.92 Å². The second-order valence-corrected chi connectivity index (χ2v) is 5.99. The molecule has 0 aromatic rings. The first kappa shape index (κ1) is 15.5. The Balaban J connectivity index is 2.43. The zero-order valence-corrected chi connectivity index (χ0v) is 12.6. The fraction of sp³-hybridized carbons (Fsp3) is 0.933. The van der Waals surface area contributed by atoms with Gasteiger partial charge in [-0.2, -0.15) is 0 Å². The van der Waals surface area contributed by atoms with Crippen LogP contribution in [0.3, 0.4) is 0 Å². The Morgan fingerprint density at radius 3 is 2.72 bits per heavy atom. The van der Waals surface area contributed by atoms with Crippen LogP contribution in [-0.2, 0) is 4.79 Å². The highest BCUT2D eigenvalue weighted by atomic mass is 16.2. The van der Waals surface area contributed by atoms with Gasteiger partial charge < -0.3 is 9.80 Å². The molecule has 1 saturated heterocycles. The molecule has 0 saturated carbocycles. The second kappa shape index (κ2) is 7.78. The SMILES string of the molecule is CCCCCC(C)C(=O)N1CCCC1CN(C)C. The molecule has 0 aromatic heterocycles. The molecule has 1 aliphatic rings. The van der Waals surface area contributed by atoms with E-state index in [1.54, 1.807) is 0 Å². The van der Waals surface area contributed by atoms with Crippen LogP contribution in [0.5, 0.6) is 0 Å². The highest BCUT2D eigenvalue weighted by Gasteiger charge is 2.31. The predicted molar refractivity (Wildman–Crippen MR) is 76.6 cm³/mol. The van der Waals surface area contributed by atoms with Gasteiger partial charge in [-0.25, -0.2) is 0 Å². The molecule has 0 aromatic carbocycles. The maximum Gasteiger partial charge on any atom is 0.225 e. The molecule has 2 unspecified atom stereocenters. The fourth-order valence-electron chi connectivity index (χ4n) is 2.84. The number of amides is 1. The van der Waals surface area contributed by atoms with Crippen molar-refractivity contribution in [3.05, 3.63) is 0 Å². The van der Waals surface area contributed by atoms with Gasteiger partial charge in [-0.05, 0) is 33.4 Å². The standard InChI is InChI=1S/C15H30N2O/c1-5-6-7-9-13(2)15(18)17-11-8-10-14(17)12-16(3)4/h13-14H,5-12H2,1-4H3. The first-order valence-corrected chi connectivity index (χ1v) is 7.51. The Kier molecular flexibility index (Phi) is 6.69. The molecule has 2 atom stereocenters. The molecule has 0 aliphatic carbocycles. The van der Waals surface area contributed by atoms with Gasteiger partial charge in [0.25, 0.3) is 0 Å². The lowest BCUT2D eigenvalue weighted by Gasteiger charge is -2.29. The van der Waals surface area contributed by atoms with Crippen LogP contribution in [0.4, 0.5) is 0 Å². The third-order valence-corrected chi connectivity index (χ3v) is 3.90. The normalized spacial score (nSPS) is 21.6. The van der Waals surface area contributed by atoms with Gasteiger partial charge in [-0.1, -0.05) is 33.1 Å². The topological polar surface area (TPSA) is 23.6 Å². The molecule has 0 N–H and O–H groups in total. The minimum absolute atomic E-state index is 0.208. The van der Waals surface area contributed by atoms with Crippen LogP contribution in [0.15, 0.2) is 0 Å². The van der Waals surface area contributed by atoms with Crippen molar-refractivity contribution in [1.29, 1.82) is 0 Å². The smallest absolute Gasteiger partial charge is 0.225 e. The van der Waals surface area contributed by atoms with Gasteiger partial charge in [0.05, 0.1) is 0 Å². The molecule has 0 radical (unpaired) electrons. The van der Waals surface area contributed by atoms with E-state index in [0.29, 0.717) is 11.9 Å². The number of carbonyl (C=O) groups is 1. The van der Waals surface area contributed by atoms with Crippen molar-refractivity contribution in [2.24, 2.45) is 5.92 Å². The molecule has 0 bridgehead atoms. The van der Waals surface area contributed by atoms with Crippen LogP contribution in [0.2, 0.25) is 0 Å². The molecule has 3 nitrogen and oxygen atoms in total. The maximum absolute atomic E-state index is 12.4. The summed E-state index contributed by atoms with van der Waals surface area (Å²) in [5.41, 5.74) is 0. The van der Waals surface area contributed by atoms with Crippen molar-refractivity contribution in [2.75, 3.05) is 27.2 Å². The van der Waals surface area contributed by atoms with Gasteiger partial charge >= 0.3 is 0 Å². The number of likely N-dealkylation sites (tertiary alicyclic amines) is 1. The number of carbonyl (C=O) groups excluding carboxylic acids is 1. The average molecular weight is 254 g/mol. The molecule has 0 spiro atoms. The van der Waals surface area contributed by atoms with Crippen LogP contribution in [0.1, 0.15) is 52.4 Å². The zero-order chi connectivity index (χ0) is 13.5. The lowest BCUT2D eigenvalue weighted by atomic mass is 10.0. The van der Waals surface area contributed by atoms with E-state index in [1.165, 1.54) is 32.1 Å². The third-order valence-electron chi connectivity index (χ3n) is 3.90. The van der Waals surface area contributed by atoms with E-state index < -0.39 is 0 Å². The third kappa shape index (κ3) is 4.60. The molecule has 1 heterocycles. The van der Waals surface area contributed by atoms with Crippen LogP contribution in [-0.4, -0.2) is 48.9 Å². The summed E-state index contributed by atoms with van der Waals surface area (Å²) < 4.78 is 0. The average Bonchev–Trinajstić information content (AvgIpc) is 2.75. The summed E-state index contributed by atoms with van der Waals surface area (Å²) in [5, 5.41) is 0. The van der Waals surface area contributed by atoms with Gasteiger partial charge in [-0.3, -0.25) is 4.79 Å². The summed E-state index contributed by atoms with van der Waals surface area (Å²) in [7, 11) is 4.18. The zero-order valence-electron chi connectivity index (χ0n) is 12.6. The monoisotopic (exact) mass is 254 g/mol. The summed E-state index contributed by atoms with van der Waals surface area (Å²) in [5.74, 6) is 0.592. The van der Waals surface area contributed by atoms with Crippen molar-refractivity contribution in [3.63, 3.8) is 0 Å². The molecule has 1 rings (SSSR count). The number of hydrogen-bond acceptors (Lipinski definition) is 2. The van der Waals surface area contributed by atoms with Gasteiger partial charge in [-0.15, -0.1) is 0 Å². The fourth-order valence-corrected chi connectivity index (χ4v) is 2.84.